The van der Waals surface area contributed by atoms with Crippen LogP contribution in [0, 0.1) is 0 Å². The molecule has 0 aliphatic heterocycles. The first-order chi connectivity index (χ1) is 13.1. The summed E-state index contributed by atoms with van der Waals surface area (Å²) in [5.74, 6) is 2.50. The Morgan fingerprint density at radius 1 is 1.00 bits per heavy atom. The van der Waals surface area contributed by atoms with Crippen molar-refractivity contribution in [1.82, 2.24) is 15.5 Å². The first-order valence-electron chi connectivity index (χ1n) is 9.05. The van der Waals surface area contributed by atoms with Crippen LogP contribution >= 0.6 is 24.0 Å². The fourth-order valence-electron chi connectivity index (χ4n) is 2.46. The van der Waals surface area contributed by atoms with Gasteiger partial charge in [-0.2, -0.15) is 0 Å². The van der Waals surface area contributed by atoms with Gasteiger partial charge in [0.05, 0.1) is 7.11 Å². The fraction of sp³-hybridized carbons (Fsp3) is 0.381. The van der Waals surface area contributed by atoms with Crippen molar-refractivity contribution < 1.29 is 9.47 Å². The van der Waals surface area contributed by atoms with Gasteiger partial charge in [-0.05, 0) is 37.9 Å². The zero-order valence-corrected chi connectivity index (χ0v) is 19.4. The van der Waals surface area contributed by atoms with Crippen LogP contribution in [0.15, 0.2) is 53.5 Å². The van der Waals surface area contributed by atoms with Gasteiger partial charge in [-0.15, -0.1) is 24.0 Å². The van der Waals surface area contributed by atoms with E-state index in [2.05, 4.69) is 26.6 Å². The van der Waals surface area contributed by atoms with Crippen LogP contribution in [0.5, 0.6) is 11.5 Å². The maximum Gasteiger partial charge on any atom is 0.191 e. The summed E-state index contributed by atoms with van der Waals surface area (Å²) in [5, 5.41) is 6.66. The van der Waals surface area contributed by atoms with Crippen molar-refractivity contribution in [3.8, 4) is 11.5 Å². The molecule has 0 aliphatic rings. The van der Waals surface area contributed by atoms with Crippen molar-refractivity contribution in [2.24, 2.45) is 4.99 Å². The normalized spacial score (nSPS) is 11.0. The number of ether oxygens (including phenoxy) is 2. The molecule has 0 saturated carbocycles. The number of nitrogens with zero attached hydrogens (tertiary/aromatic N) is 2. The van der Waals surface area contributed by atoms with Gasteiger partial charge in [-0.25, -0.2) is 0 Å². The summed E-state index contributed by atoms with van der Waals surface area (Å²) in [6, 6.07) is 16.0. The maximum absolute atomic E-state index is 5.91. The molecule has 0 aromatic heterocycles. The van der Waals surface area contributed by atoms with Crippen LogP contribution in [0.25, 0.3) is 0 Å². The van der Waals surface area contributed by atoms with E-state index in [9.17, 15) is 0 Å². The van der Waals surface area contributed by atoms with E-state index in [1.165, 1.54) is 0 Å². The van der Waals surface area contributed by atoms with Crippen LogP contribution in [0.4, 0.5) is 0 Å². The Kier molecular flexibility index (Phi) is 11.4. The lowest BCUT2D eigenvalue weighted by molar-refractivity contribution is 0.259. The van der Waals surface area contributed by atoms with E-state index in [-0.39, 0.29) is 24.0 Å². The molecule has 2 aromatic carbocycles. The minimum absolute atomic E-state index is 0. The number of guanidine groups is 1. The minimum atomic E-state index is 0. The second-order valence-electron chi connectivity index (χ2n) is 6.39. The van der Waals surface area contributed by atoms with E-state index in [0.29, 0.717) is 19.7 Å². The van der Waals surface area contributed by atoms with Gasteiger partial charge < -0.3 is 25.0 Å². The molecule has 0 radical (unpaired) electrons. The summed E-state index contributed by atoms with van der Waals surface area (Å²) >= 11 is 0. The number of benzene rings is 2. The lowest BCUT2D eigenvalue weighted by atomic mass is 10.2. The fourth-order valence-corrected chi connectivity index (χ4v) is 2.46. The molecule has 0 fully saturated rings. The van der Waals surface area contributed by atoms with E-state index in [4.69, 9.17) is 9.47 Å². The van der Waals surface area contributed by atoms with Gasteiger partial charge in [0.25, 0.3) is 0 Å². The van der Waals surface area contributed by atoms with Crippen LogP contribution in [0.1, 0.15) is 11.1 Å². The van der Waals surface area contributed by atoms with Crippen molar-refractivity contribution in [2.45, 2.75) is 13.1 Å². The minimum Gasteiger partial charge on any atom is -0.497 e. The molecule has 2 rings (SSSR count). The Hall–Kier alpha value is -2.00. The van der Waals surface area contributed by atoms with Gasteiger partial charge in [-0.3, -0.25) is 4.99 Å². The monoisotopic (exact) mass is 498 g/mol. The Labute approximate surface area is 185 Å². The molecule has 0 spiro atoms. The van der Waals surface area contributed by atoms with E-state index >= 15 is 0 Å². The highest BCUT2D eigenvalue weighted by Gasteiger charge is 2.05. The smallest absolute Gasteiger partial charge is 0.191 e. The van der Waals surface area contributed by atoms with Crippen molar-refractivity contribution in [3.05, 3.63) is 59.7 Å². The van der Waals surface area contributed by atoms with Crippen molar-refractivity contribution in [3.63, 3.8) is 0 Å². The molecule has 0 amide bonds. The second-order valence-corrected chi connectivity index (χ2v) is 6.39. The molecule has 0 bridgehead atoms. The first kappa shape index (κ1) is 24.0. The van der Waals surface area contributed by atoms with Crippen LogP contribution in [-0.2, 0) is 13.1 Å². The molecule has 2 aromatic rings. The third kappa shape index (κ3) is 8.35. The maximum atomic E-state index is 5.91. The van der Waals surface area contributed by atoms with Gasteiger partial charge in [0.1, 0.15) is 18.1 Å². The second kappa shape index (κ2) is 13.2. The highest BCUT2D eigenvalue weighted by molar-refractivity contribution is 14.0. The summed E-state index contributed by atoms with van der Waals surface area (Å²) in [5.41, 5.74) is 2.26. The van der Waals surface area contributed by atoms with Crippen molar-refractivity contribution >= 4 is 29.9 Å². The van der Waals surface area contributed by atoms with Crippen molar-refractivity contribution in [2.75, 3.05) is 41.4 Å². The van der Waals surface area contributed by atoms with Gasteiger partial charge in [0, 0.05) is 32.2 Å². The highest BCUT2D eigenvalue weighted by Crippen LogP contribution is 2.17. The number of nitrogens with one attached hydrogen (secondary N) is 2. The quantitative estimate of drug-likeness (QED) is 0.316. The molecular weight excluding hydrogens is 467 g/mol. The third-order valence-electron chi connectivity index (χ3n) is 4.06. The molecule has 7 heteroatoms. The summed E-state index contributed by atoms with van der Waals surface area (Å²) < 4.78 is 11.1. The Morgan fingerprint density at radius 2 is 1.68 bits per heavy atom. The molecule has 0 aliphatic carbocycles. The molecule has 0 saturated heterocycles. The highest BCUT2D eigenvalue weighted by atomic mass is 127. The van der Waals surface area contributed by atoms with Gasteiger partial charge >= 0.3 is 0 Å². The number of hydrogen-bond acceptors (Lipinski definition) is 4. The molecule has 0 atom stereocenters. The standard InChI is InChI=1S/C21H30N4O2.HI/c1-22-21(23-15-17-9-11-19(26-4)12-10-17)24-16-18-7-5-6-8-20(18)27-14-13-25(2)3;/h5-12H,13-16H2,1-4H3,(H2,22,23,24);1H. The summed E-state index contributed by atoms with van der Waals surface area (Å²) in [6.45, 7) is 2.87. The van der Waals surface area contributed by atoms with Crippen LogP contribution in [0.2, 0.25) is 0 Å². The molecule has 0 heterocycles. The molecule has 0 unspecified atom stereocenters. The van der Waals surface area contributed by atoms with E-state index in [1.54, 1.807) is 14.2 Å². The third-order valence-corrected chi connectivity index (χ3v) is 4.06. The average molecular weight is 498 g/mol. The number of hydrogen-bond donors (Lipinski definition) is 2. The van der Waals surface area contributed by atoms with Gasteiger partial charge in [-0.1, -0.05) is 30.3 Å². The molecule has 2 N–H and O–H groups in total. The van der Waals surface area contributed by atoms with E-state index in [1.807, 2.05) is 56.6 Å². The zero-order valence-electron chi connectivity index (χ0n) is 17.1. The zero-order chi connectivity index (χ0) is 19.5. The van der Waals surface area contributed by atoms with Crippen molar-refractivity contribution in [1.29, 1.82) is 0 Å². The average Bonchev–Trinajstić information content (AvgIpc) is 2.69. The number of para-hydroxylation sites is 1. The summed E-state index contributed by atoms with van der Waals surface area (Å²) in [4.78, 5) is 6.39. The topological polar surface area (TPSA) is 58.1 Å². The van der Waals surface area contributed by atoms with Gasteiger partial charge in [0.15, 0.2) is 5.96 Å². The number of methoxy groups -OCH3 is 1. The van der Waals surface area contributed by atoms with Crippen LogP contribution < -0.4 is 20.1 Å². The molecule has 28 heavy (non-hydrogen) atoms. The number of likely N-dealkylation sites (N-methyl/N-ethyl adjacent to an activating group) is 1. The predicted octanol–water partition coefficient (Wildman–Crippen LogP) is 3.12. The Morgan fingerprint density at radius 3 is 2.32 bits per heavy atom. The largest absolute Gasteiger partial charge is 0.497 e. The Bertz CT molecular complexity index is 721. The van der Waals surface area contributed by atoms with Crippen LogP contribution in [0.3, 0.4) is 0 Å². The number of halogens is 1. The summed E-state index contributed by atoms with van der Waals surface area (Å²) in [6.07, 6.45) is 0. The first-order valence-corrected chi connectivity index (χ1v) is 9.05. The predicted molar refractivity (Wildman–Crippen MR) is 126 cm³/mol. The van der Waals surface area contributed by atoms with Gasteiger partial charge in [0.2, 0.25) is 0 Å². The Balaban J connectivity index is 0.00000392. The molecular formula is C21H31IN4O2. The number of aliphatic imine (C=N–C) groups is 1. The number of rotatable bonds is 9. The molecule has 154 valence electrons. The summed E-state index contributed by atoms with van der Waals surface area (Å²) in [7, 11) is 7.51. The van der Waals surface area contributed by atoms with Crippen LogP contribution in [-0.4, -0.2) is 52.3 Å². The lowest BCUT2D eigenvalue weighted by Gasteiger charge is -2.16. The van der Waals surface area contributed by atoms with E-state index in [0.717, 1.165) is 35.1 Å². The molecule has 6 nitrogen and oxygen atoms in total. The lowest BCUT2D eigenvalue weighted by Crippen LogP contribution is -2.36. The SMILES string of the molecule is CN=C(NCc1ccc(OC)cc1)NCc1ccccc1OCCN(C)C.I. The van der Waals surface area contributed by atoms with E-state index < -0.39 is 0 Å².